The van der Waals surface area contributed by atoms with Gasteiger partial charge in [0, 0.05) is 59.4 Å². The monoisotopic (exact) mass is 550 g/mol. The van der Waals surface area contributed by atoms with Crippen LogP contribution in [0.1, 0.15) is 16.1 Å². The van der Waals surface area contributed by atoms with E-state index in [2.05, 4.69) is 21.4 Å². The molecule has 0 radical (unpaired) electrons. The number of anilines is 1. The topological polar surface area (TPSA) is 77.2 Å². The summed E-state index contributed by atoms with van der Waals surface area (Å²) >= 11 is 18.7. The summed E-state index contributed by atoms with van der Waals surface area (Å²) in [5.41, 5.74) is 6.35. The number of benzene rings is 3. The minimum Gasteiger partial charge on any atom is -0.369 e. The van der Waals surface area contributed by atoms with Crippen molar-refractivity contribution < 1.29 is 4.79 Å². The first-order valence-electron chi connectivity index (χ1n) is 11.5. The molecule has 4 aromatic rings. The molecule has 2 heterocycles. The second-order valence-corrected chi connectivity index (χ2v) is 9.77. The second kappa shape index (κ2) is 10.8. The maximum atomic E-state index is 13.2. The van der Waals surface area contributed by atoms with Gasteiger partial charge < -0.3 is 4.90 Å². The zero-order valence-electron chi connectivity index (χ0n) is 19.5. The SMILES string of the molecule is N#Cc1ccc(N2CCN(NC(=O)c3cn(-c4ccc(Cl)cc4)c(-c4ccc(Cl)cc4Cl)n3)CC2)cc1. The van der Waals surface area contributed by atoms with Gasteiger partial charge in [-0.15, -0.1) is 0 Å². The zero-order chi connectivity index (χ0) is 25.9. The number of aromatic nitrogens is 2. The summed E-state index contributed by atoms with van der Waals surface area (Å²) in [5.74, 6) is 0.200. The van der Waals surface area contributed by atoms with Crippen LogP contribution in [0.3, 0.4) is 0 Å². The Bertz CT molecular complexity index is 1470. The van der Waals surface area contributed by atoms with Gasteiger partial charge in [-0.1, -0.05) is 34.8 Å². The summed E-state index contributed by atoms with van der Waals surface area (Å²) in [6, 6.07) is 22.1. The lowest BCUT2D eigenvalue weighted by Gasteiger charge is -2.35. The predicted octanol–water partition coefficient (Wildman–Crippen LogP) is 5.84. The number of hydrogen-bond donors (Lipinski definition) is 1. The van der Waals surface area contributed by atoms with Crippen LogP contribution in [-0.2, 0) is 0 Å². The second-order valence-electron chi connectivity index (χ2n) is 8.49. The van der Waals surface area contributed by atoms with Crippen molar-refractivity contribution in [3.05, 3.63) is 99.3 Å². The first kappa shape index (κ1) is 25.1. The van der Waals surface area contributed by atoms with Gasteiger partial charge in [-0.25, -0.2) is 9.99 Å². The Labute approximate surface area is 229 Å². The van der Waals surface area contributed by atoms with Crippen LogP contribution in [0.2, 0.25) is 15.1 Å². The van der Waals surface area contributed by atoms with Crippen LogP contribution in [-0.4, -0.2) is 46.6 Å². The number of nitrogens with zero attached hydrogens (tertiary/aromatic N) is 5. The molecule has 5 rings (SSSR count). The third-order valence-electron chi connectivity index (χ3n) is 6.12. The van der Waals surface area contributed by atoms with Gasteiger partial charge in [0.1, 0.15) is 11.5 Å². The molecule has 0 unspecified atom stereocenters. The van der Waals surface area contributed by atoms with E-state index in [0.29, 0.717) is 45.1 Å². The first-order valence-corrected chi connectivity index (χ1v) is 12.7. The van der Waals surface area contributed by atoms with Gasteiger partial charge in [0.15, 0.2) is 0 Å². The Morgan fingerprint density at radius 2 is 1.51 bits per heavy atom. The fourth-order valence-electron chi connectivity index (χ4n) is 4.17. The standard InChI is InChI=1S/C27H21Cl3N6O/c28-19-3-8-22(9-4-19)36-17-25(32-26(36)23-10-5-20(29)15-24(23)30)27(37)33-35-13-11-34(12-14-35)21-6-1-18(16-31)2-7-21/h1-10,15,17H,11-14H2,(H,33,37). The van der Waals surface area contributed by atoms with Crippen molar-refractivity contribution >= 4 is 46.4 Å². The van der Waals surface area contributed by atoms with Gasteiger partial charge in [0.05, 0.1) is 16.7 Å². The molecule has 7 nitrogen and oxygen atoms in total. The number of hydrogen-bond acceptors (Lipinski definition) is 5. The van der Waals surface area contributed by atoms with Crippen molar-refractivity contribution in [2.75, 3.05) is 31.1 Å². The highest BCUT2D eigenvalue weighted by Gasteiger charge is 2.23. The Kier molecular flexibility index (Phi) is 7.36. The molecule has 0 aliphatic carbocycles. The molecule has 1 aliphatic rings. The molecule has 0 bridgehead atoms. The first-order chi connectivity index (χ1) is 17.9. The quantitative estimate of drug-likeness (QED) is 0.337. The molecule has 186 valence electrons. The summed E-state index contributed by atoms with van der Waals surface area (Å²) in [6.07, 6.45) is 1.69. The maximum absolute atomic E-state index is 13.2. The largest absolute Gasteiger partial charge is 0.369 e. The van der Waals surface area contributed by atoms with Gasteiger partial charge in [-0.2, -0.15) is 5.26 Å². The highest BCUT2D eigenvalue weighted by Crippen LogP contribution is 2.32. The lowest BCUT2D eigenvalue weighted by molar-refractivity contribution is 0.0772. The van der Waals surface area contributed by atoms with Crippen molar-refractivity contribution in [3.63, 3.8) is 0 Å². The van der Waals surface area contributed by atoms with E-state index >= 15 is 0 Å². The molecule has 10 heteroatoms. The van der Waals surface area contributed by atoms with Gasteiger partial charge in [-0.3, -0.25) is 14.8 Å². The number of carbonyl (C=O) groups is 1. The third-order valence-corrected chi connectivity index (χ3v) is 6.92. The number of nitriles is 1. The number of halogens is 3. The number of imidazole rings is 1. The summed E-state index contributed by atoms with van der Waals surface area (Å²) in [7, 11) is 0. The molecule has 1 aliphatic heterocycles. The minimum atomic E-state index is -0.314. The van der Waals surface area contributed by atoms with E-state index in [1.54, 1.807) is 36.5 Å². The van der Waals surface area contributed by atoms with E-state index in [1.165, 1.54) is 0 Å². The zero-order valence-corrected chi connectivity index (χ0v) is 21.8. The van der Waals surface area contributed by atoms with Crippen molar-refractivity contribution in [1.82, 2.24) is 20.0 Å². The summed E-state index contributed by atoms with van der Waals surface area (Å²) in [4.78, 5) is 20.1. The van der Waals surface area contributed by atoms with Gasteiger partial charge in [-0.05, 0) is 66.7 Å². The van der Waals surface area contributed by atoms with E-state index < -0.39 is 0 Å². The molecule has 0 saturated carbocycles. The Morgan fingerprint density at radius 1 is 0.865 bits per heavy atom. The third kappa shape index (κ3) is 5.58. The molecular formula is C27H21Cl3N6O. The fraction of sp³-hybridized carbons (Fsp3) is 0.148. The van der Waals surface area contributed by atoms with Gasteiger partial charge in [0.25, 0.3) is 5.91 Å². The van der Waals surface area contributed by atoms with E-state index in [1.807, 2.05) is 46.0 Å². The fourth-order valence-corrected chi connectivity index (χ4v) is 4.79. The molecule has 1 amide bonds. The Balaban J connectivity index is 1.34. The summed E-state index contributed by atoms with van der Waals surface area (Å²) in [5, 5.41) is 12.4. The highest BCUT2D eigenvalue weighted by molar-refractivity contribution is 6.36. The van der Waals surface area contributed by atoms with E-state index in [0.717, 1.165) is 24.5 Å². The normalized spacial score (nSPS) is 13.8. The van der Waals surface area contributed by atoms with Crippen molar-refractivity contribution in [2.45, 2.75) is 0 Å². The lowest BCUT2D eigenvalue weighted by atomic mass is 10.2. The number of amides is 1. The van der Waals surface area contributed by atoms with E-state index in [-0.39, 0.29) is 11.6 Å². The minimum absolute atomic E-state index is 0.255. The maximum Gasteiger partial charge on any atom is 0.285 e. The molecule has 1 fully saturated rings. The van der Waals surface area contributed by atoms with Crippen LogP contribution in [0.5, 0.6) is 0 Å². The van der Waals surface area contributed by atoms with Crippen LogP contribution in [0.15, 0.2) is 72.9 Å². The molecule has 1 aromatic heterocycles. The Hall–Kier alpha value is -3.54. The highest BCUT2D eigenvalue weighted by atomic mass is 35.5. The molecule has 0 spiro atoms. The number of hydrazine groups is 1. The Morgan fingerprint density at radius 3 is 2.16 bits per heavy atom. The van der Waals surface area contributed by atoms with Crippen LogP contribution in [0.4, 0.5) is 5.69 Å². The number of rotatable bonds is 5. The average Bonchev–Trinajstić information content (AvgIpc) is 3.35. The number of carbonyl (C=O) groups excluding carboxylic acids is 1. The molecule has 37 heavy (non-hydrogen) atoms. The predicted molar refractivity (Wildman–Crippen MR) is 146 cm³/mol. The molecular weight excluding hydrogens is 531 g/mol. The van der Waals surface area contributed by atoms with Gasteiger partial charge in [0.2, 0.25) is 0 Å². The van der Waals surface area contributed by atoms with Crippen LogP contribution < -0.4 is 10.3 Å². The molecule has 0 atom stereocenters. The van der Waals surface area contributed by atoms with Crippen molar-refractivity contribution in [2.24, 2.45) is 0 Å². The van der Waals surface area contributed by atoms with Gasteiger partial charge >= 0.3 is 0 Å². The number of piperazine rings is 1. The van der Waals surface area contributed by atoms with E-state index in [9.17, 15) is 4.79 Å². The molecule has 1 N–H and O–H groups in total. The summed E-state index contributed by atoms with van der Waals surface area (Å²) in [6.45, 7) is 2.74. The van der Waals surface area contributed by atoms with E-state index in [4.69, 9.17) is 40.1 Å². The lowest BCUT2D eigenvalue weighted by Crippen LogP contribution is -2.53. The smallest absolute Gasteiger partial charge is 0.285 e. The molecule has 1 saturated heterocycles. The van der Waals surface area contributed by atoms with Crippen LogP contribution >= 0.6 is 34.8 Å². The van der Waals surface area contributed by atoms with Crippen molar-refractivity contribution in [1.29, 1.82) is 5.26 Å². The number of nitrogens with one attached hydrogen (secondary N) is 1. The van der Waals surface area contributed by atoms with Crippen LogP contribution in [0, 0.1) is 11.3 Å². The van der Waals surface area contributed by atoms with Crippen molar-refractivity contribution in [3.8, 4) is 23.1 Å². The molecule has 3 aromatic carbocycles. The summed E-state index contributed by atoms with van der Waals surface area (Å²) < 4.78 is 1.81. The average molecular weight is 552 g/mol. The van der Waals surface area contributed by atoms with Crippen LogP contribution in [0.25, 0.3) is 17.1 Å².